The summed E-state index contributed by atoms with van der Waals surface area (Å²) >= 11 is 5.89. The van der Waals surface area contributed by atoms with Crippen LogP contribution in [-0.4, -0.2) is 24.1 Å². The van der Waals surface area contributed by atoms with E-state index in [0.29, 0.717) is 22.0 Å². The number of sulfonamides is 1. The topological polar surface area (TPSA) is 106 Å². The minimum atomic E-state index is -3.78. The quantitative estimate of drug-likeness (QED) is 0.439. The summed E-state index contributed by atoms with van der Waals surface area (Å²) in [6.45, 7) is 0.0236. The number of furan rings is 1. The lowest BCUT2D eigenvalue weighted by Gasteiger charge is -2.08. The molecule has 31 heavy (non-hydrogen) atoms. The van der Waals surface area contributed by atoms with Crippen molar-refractivity contribution >= 4 is 33.2 Å². The van der Waals surface area contributed by atoms with Crippen molar-refractivity contribution in [2.75, 3.05) is 5.32 Å². The molecule has 2 N–H and O–H groups in total. The van der Waals surface area contributed by atoms with E-state index in [1.54, 1.807) is 59.4 Å². The van der Waals surface area contributed by atoms with Crippen LogP contribution in [0.1, 0.15) is 16.1 Å². The van der Waals surface area contributed by atoms with Crippen LogP contribution in [0, 0.1) is 0 Å². The van der Waals surface area contributed by atoms with Crippen LogP contribution in [0.2, 0.25) is 5.02 Å². The summed E-state index contributed by atoms with van der Waals surface area (Å²) in [5, 5.41) is 7.47. The molecule has 0 atom stereocenters. The van der Waals surface area contributed by atoms with Gasteiger partial charge in [0.1, 0.15) is 5.76 Å². The van der Waals surface area contributed by atoms with Gasteiger partial charge in [0, 0.05) is 16.9 Å². The van der Waals surface area contributed by atoms with Crippen molar-refractivity contribution in [2.24, 2.45) is 0 Å². The Balaban J connectivity index is 1.46. The molecule has 0 spiro atoms. The average Bonchev–Trinajstić information content (AvgIpc) is 3.45. The maximum absolute atomic E-state index is 12.6. The van der Waals surface area contributed by atoms with Gasteiger partial charge in [-0.15, -0.1) is 0 Å². The van der Waals surface area contributed by atoms with Gasteiger partial charge in [-0.2, -0.15) is 5.10 Å². The molecule has 0 saturated carbocycles. The SMILES string of the molecule is O=C(Nc1cccc(S(=O)(=O)NCc2ccco2)c1)c1cnn(-c2ccc(Cl)cc2)c1. The van der Waals surface area contributed by atoms with Crippen molar-refractivity contribution in [1.29, 1.82) is 0 Å². The summed E-state index contributed by atoms with van der Waals surface area (Å²) in [7, 11) is -3.78. The first-order chi connectivity index (χ1) is 14.9. The molecular formula is C21H17ClN4O4S. The summed E-state index contributed by atoms with van der Waals surface area (Å²) in [5.74, 6) is 0.0732. The number of amides is 1. The zero-order valence-electron chi connectivity index (χ0n) is 16.0. The first-order valence-corrected chi connectivity index (χ1v) is 11.0. The third kappa shape index (κ3) is 5.02. The molecule has 2 aromatic heterocycles. The second-order valence-corrected chi connectivity index (χ2v) is 8.74. The van der Waals surface area contributed by atoms with E-state index in [2.05, 4.69) is 15.1 Å². The molecule has 158 valence electrons. The molecule has 0 aliphatic heterocycles. The van der Waals surface area contributed by atoms with E-state index in [0.717, 1.165) is 5.69 Å². The maximum atomic E-state index is 12.6. The molecule has 10 heteroatoms. The van der Waals surface area contributed by atoms with Crippen molar-refractivity contribution < 1.29 is 17.6 Å². The van der Waals surface area contributed by atoms with Crippen LogP contribution >= 0.6 is 11.6 Å². The van der Waals surface area contributed by atoms with E-state index in [9.17, 15) is 13.2 Å². The molecule has 0 saturated heterocycles. The van der Waals surface area contributed by atoms with Gasteiger partial charge in [0.25, 0.3) is 5.91 Å². The van der Waals surface area contributed by atoms with E-state index in [1.807, 2.05) is 0 Å². The minimum Gasteiger partial charge on any atom is -0.468 e. The normalized spacial score (nSPS) is 11.4. The first kappa shape index (κ1) is 20.9. The largest absolute Gasteiger partial charge is 0.468 e. The van der Waals surface area contributed by atoms with Crippen molar-refractivity contribution in [3.63, 3.8) is 0 Å². The molecule has 4 aromatic rings. The number of anilines is 1. The zero-order valence-corrected chi connectivity index (χ0v) is 17.6. The Hall–Kier alpha value is -3.40. The number of rotatable bonds is 7. The number of carbonyl (C=O) groups excluding carboxylic acids is 1. The van der Waals surface area contributed by atoms with Crippen LogP contribution in [0.4, 0.5) is 5.69 Å². The molecule has 2 heterocycles. The van der Waals surface area contributed by atoms with Crippen LogP contribution in [0.3, 0.4) is 0 Å². The average molecular weight is 457 g/mol. The van der Waals surface area contributed by atoms with Crippen molar-refractivity contribution in [3.8, 4) is 5.69 Å². The molecule has 0 aliphatic carbocycles. The zero-order chi connectivity index (χ0) is 21.8. The number of hydrogen-bond donors (Lipinski definition) is 2. The summed E-state index contributed by atoms with van der Waals surface area (Å²) in [6, 6.07) is 16.3. The molecule has 2 aromatic carbocycles. The van der Waals surface area contributed by atoms with Crippen LogP contribution in [0.25, 0.3) is 5.69 Å². The van der Waals surface area contributed by atoms with Crippen molar-refractivity contribution in [3.05, 3.63) is 95.7 Å². The van der Waals surface area contributed by atoms with Gasteiger partial charge in [-0.3, -0.25) is 4.79 Å². The van der Waals surface area contributed by atoms with Gasteiger partial charge in [-0.1, -0.05) is 17.7 Å². The van der Waals surface area contributed by atoms with Gasteiger partial charge in [0.05, 0.1) is 35.2 Å². The van der Waals surface area contributed by atoms with Crippen molar-refractivity contribution in [2.45, 2.75) is 11.4 Å². The number of halogens is 1. The number of carbonyl (C=O) groups is 1. The molecule has 0 bridgehead atoms. The second-order valence-electron chi connectivity index (χ2n) is 6.54. The molecule has 0 radical (unpaired) electrons. The lowest BCUT2D eigenvalue weighted by atomic mass is 10.3. The number of benzene rings is 2. The highest BCUT2D eigenvalue weighted by atomic mass is 35.5. The van der Waals surface area contributed by atoms with Gasteiger partial charge in [0.15, 0.2) is 0 Å². The fourth-order valence-electron chi connectivity index (χ4n) is 2.78. The van der Waals surface area contributed by atoms with Gasteiger partial charge in [-0.25, -0.2) is 17.8 Å². The number of aromatic nitrogens is 2. The highest BCUT2D eigenvalue weighted by Crippen LogP contribution is 2.18. The summed E-state index contributed by atoms with van der Waals surface area (Å²) in [4.78, 5) is 12.6. The number of hydrogen-bond acceptors (Lipinski definition) is 5. The standard InChI is InChI=1S/C21H17ClN4O4S/c22-16-6-8-18(9-7-16)26-14-15(12-23-26)21(27)25-17-3-1-5-20(11-17)31(28,29)24-13-19-4-2-10-30-19/h1-12,14,24H,13H2,(H,25,27). The lowest BCUT2D eigenvalue weighted by molar-refractivity contribution is 0.102. The molecule has 0 aliphatic rings. The minimum absolute atomic E-state index is 0.0220. The Kier molecular flexibility index (Phi) is 5.90. The summed E-state index contributed by atoms with van der Waals surface area (Å²) in [5.41, 5.74) is 1.41. The third-order valence-corrected chi connectivity index (χ3v) is 6.01. The van der Waals surface area contributed by atoms with Crippen LogP contribution in [0.5, 0.6) is 0 Å². The van der Waals surface area contributed by atoms with Gasteiger partial charge >= 0.3 is 0 Å². The highest BCUT2D eigenvalue weighted by molar-refractivity contribution is 7.89. The predicted molar refractivity (Wildman–Crippen MR) is 116 cm³/mol. The lowest BCUT2D eigenvalue weighted by Crippen LogP contribution is -2.23. The molecule has 8 nitrogen and oxygen atoms in total. The number of nitrogens with one attached hydrogen (secondary N) is 2. The number of nitrogens with zero attached hydrogens (tertiary/aromatic N) is 2. The van der Waals surface area contributed by atoms with Gasteiger partial charge in [0.2, 0.25) is 10.0 Å². The fraction of sp³-hybridized carbons (Fsp3) is 0.0476. The summed E-state index contributed by atoms with van der Waals surface area (Å²) in [6.07, 6.45) is 4.47. The Morgan fingerprint density at radius 3 is 2.65 bits per heavy atom. The second kappa shape index (κ2) is 8.76. The van der Waals surface area contributed by atoms with Gasteiger partial charge < -0.3 is 9.73 Å². The Morgan fingerprint density at radius 2 is 1.90 bits per heavy atom. The Labute approximate surface area is 183 Å². The summed E-state index contributed by atoms with van der Waals surface area (Å²) < 4.78 is 34.2. The molecule has 0 unspecified atom stereocenters. The van der Waals surface area contributed by atoms with Crippen LogP contribution < -0.4 is 10.0 Å². The first-order valence-electron chi connectivity index (χ1n) is 9.15. The Bertz CT molecular complexity index is 1300. The van der Waals surface area contributed by atoms with Crippen LogP contribution in [0.15, 0.2) is 88.6 Å². The third-order valence-electron chi connectivity index (χ3n) is 4.35. The monoisotopic (exact) mass is 456 g/mol. The van der Waals surface area contributed by atoms with E-state index in [4.69, 9.17) is 16.0 Å². The van der Waals surface area contributed by atoms with E-state index in [1.165, 1.54) is 24.6 Å². The van der Waals surface area contributed by atoms with E-state index in [-0.39, 0.29) is 11.4 Å². The Morgan fingerprint density at radius 1 is 1.10 bits per heavy atom. The molecule has 4 rings (SSSR count). The maximum Gasteiger partial charge on any atom is 0.258 e. The smallest absolute Gasteiger partial charge is 0.258 e. The van der Waals surface area contributed by atoms with E-state index < -0.39 is 15.9 Å². The predicted octanol–water partition coefficient (Wildman–Crippen LogP) is 3.85. The van der Waals surface area contributed by atoms with E-state index >= 15 is 0 Å². The van der Waals surface area contributed by atoms with Gasteiger partial charge in [-0.05, 0) is 54.6 Å². The fourth-order valence-corrected chi connectivity index (χ4v) is 3.95. The molecule has 0 fully saturated rings. The van der Waals surface area contributed by atoms with Crippen LogP contribution in [-0.2, 0) is 16.6 Å². The molecule has 1 amide bonds. The molecular weight excluding hydrogens is 440 g/mol. The van der Waals surface area contributed by atoms with Crippen molar-refractivity contribution in [1.82, 2.24) is 14.5 Å². The highest BCUT2D eigenvalue weighted by Gasteiger charge is 2.16.